The zero-order valence-corrected chi connectivity index (χ0v) is 10.5. The minimum absolute atomic E-state index is 0.0758. The molecule has 0 bridgehead atoms. The number of aromatic nitrogens is 2. The van der Waals surface area contributed by atoms with Gasteiger partial charge in [0.25, 0.3) is 0 Å². The molecule has 0 atom stereocenters. The first-order chi connectivity index (χ1) is 8.34. The molecule has 2 aromatic rings. The summed E-state index contributed by atoms with van der Waals surface area (Å²) in [5, 5.41) is 3.60. The second kappa shape index (κ2) is 4.72. The molecule has 2 rings (SSSR count). The van der Waals surface area contributed by atoms with Crippen LogP contribution in [0.2, 0.25) is 0 Å². The summed E-state index contributed by atoms with van der Waals surface area (Å²) in [6, 6.07) is 4.14. The predicted molar refractivity (Wildman–Crippen MR) is 60.4 cm³/mol. The van der Waals surface area contributed by atoms with E-state index in [9.17, 15) is 17.6 Å². The maximum atomic E-state index is 13.1. The van der Waals surface area contributed by atoms with Crippen LogP contribution in [0.15, 0.2) is 35.1 Å². The summed E-state index contributed by atoms with van der Waals surface area (Å²) in [4.78, 5) is 0. The Labute approximate surface area is 108 Å². The molecular weight excluding hydrogens is 316 g/mol. The second-order valence-electron chi connectivity index (χ2n) is 3.70. The highest BCUT2D eigenvalue weighted by molar-refractivity contribution is 9.10. The van der Waals surface area contributed by atoms with E-state index in [1.165, 1.54) is 12.1 Å². The summed E-state index contributed by atoms with van der Waals surface area (Å²) in [7, 11) is 0. The van der Waals surface area contributed by atoms with Gasteiger partial charge in [-0.05, 0) is 23.8 Å². The zero-order chi connectivity index (χ0) is 13.3. The zero-order valence-electron chi connectivity index (χ0n) is 8.88. The molecule has 1 aromatic carbocycles. The Kier molecular flexibility index (Phi) is 3.43. The normalized spacial score (nSPS) is 11.8. The van der Waals surface area contributed by atoms with E-state index in [-0.39, 0.29) is 6.54 Å². The number of halogens is 5. The van der Waals surface area contributed by atoms with Crippen molar-refractivity contribution in [2.75, 3.05) is 0 Å². The molecule has 96 valence electrons. The van der Waals surface area contributed by atoms with Crippen LogP contribution in [0.5, 0.6) is 0 Å². The van der Waals surface area contributed by atoms with Crippen LogP contribution in [0.4, 0.5) is 17.6 Å². The van der Waals surface area contributed by atoms with Crippen LogP contribution in [0.3, 0.4) is 0 Å². The standard InChI is InChI=1S/C11H7BrF4N2/c12-9-1-7(2-10(13)3-9)5-18-6-8(4-17-18)11(14,15)16/h1-4,6H,5H2. The minimum Gasteiger partial charge on any atom is -0.268 e. The quantitative estimate of drug-likeness (QED) is 0.768. The molecule has 18 heavy (non-hydrogen) atoms. The van der Waals surface area contributed by atoms with E-state index in [4.69, 9.17) is 0 Å². The van der Waals surface area contributed by atoms with Gasteiger partial charge in [-0.15, -0.1) is 0 Å². The van der Waals surface area contributed by atoms with Crippen LogP contribution in [-0.4, -0.2) is 9.78 Å². The number of alkyl halides is 3. The summed E-state index contributed by atoms with van der Waals surface area (Å²) in [5.41, 5.74) is -0.295. The molecule has 0 amide bonds. The van der Waals surface area contributed by atoms with Gasteiger partial charge in [-0.2, -0.15) is 18.3 Å². The van der Waals surface area contributed by atoms with Gasteiger partial charge in [0, 0.05) is 10.7 Å². The lowest BCUT2D eigenvalue weighted by atomic mass is 10.2. The van der Waals surface area contributed by atoms with Crippen molar-refractivity contribution < 1.29 is 17.6 Å². The lowest BCUT2D eigenvalue weighted by Crippen LogP contribution is -2.04. The first kappa shape index (κ1) is 13.1. The van der Waals surface area contributed by atoms with Crippen molar-refractivity contribution >= 4 is 15.9 Å². The van der Waals surface area contributed by atoms with E-state index < -0.39 is 17.6 Å². The molecule has 7 heteroatoms. The molecular formula is C11H7BrF4N2. The molecule has 1 heterocycles. The topological polar surface area (TPSA) is 17.8 Å². The average Bonchev–Trinajstić information content (AvgIpc) is 2.63. The molecule has 0 aliphatic heterocycles. The van der Waals surface area contributed by atoms with E-state index in [1.54, 1.807) is 6.07 Å². The van der Waals surface area contributed by atoms with E-state index in [0.29, 0.717) is 10.0 Å². The molecule has 2 nitrogen and oxygen atoms in total. The third-order valence-corrected chi connectivity index (χ3v) is 2.69. The van der Waals surface area contributed by atoms with Crippen molar-refractivity contribution in [3.8, 4) is 0 Å². The average molecular weight is 323 g/mol. The molecule has 0 fully saturated rings. The Balaban J connectivity index is 2.21. The summed E-state index contributed by atoms with van der Waals surface area (Å²) in [6.07, 6.45) is -2.78. The predicted octanol–water partition coefficient (Wildman–Crippen LogP) is 3.85. The fourth-order valence-electron chi connectivity index (χ4n) is 1.49. The highest BCUT2D eigenvalue weighted by atomic mass is 79.9. The van der Waals surface area contributed by atoms with E-state index >= 15 is 0 Å². The monoisotopic (exact) mass is 322 g/mol. The lowest BCUT2D eigenvalue weighted by molar-refractivity contribution is -0.137. The van der Waals surface area contributed by atoms with Crippen LogP contribution in [0, 0.1) is 5.82 Å². The van der Waals surface area contributed by atoms with Crippen molar-refractivity contribution in [3.05, 3.63) is 52.0 Å². The molecule has 0 saturated heterocycles. The highest BCUT2D eigenvalue weighted by Gasteiger charge is 2.32. The maximum absolute atomic E-state index is 13.1. The van der Waals surface area contributed by atoms with E-state index in [0.717, 1.165) is 17.1 Å². The van der Waals surface area contributed by atoms with Crippen LogP contribution in [0.1, 0.15) is 11.1 Å². The van der Waals surface area contributed by atoms with Gasteiger partial charge in [-0.1, -0.05) is 15.9 Å². The Morgan fingerprint density at radius 2 is 1.94 bits per heavy atom. The van der Waals surface area contributed by atoms with E-state index in [1.807, 2.05) is 0 Å². The summed E-state index contributed by atoms with van der Waals surface area (Å²) in [5.74, 6) is -0.456. The van der Waals surface area contributed by atoms with Crippen molar-refractivity contribution in [1.29, 1.82) is 0 Å². The summed E-state index contributed by atoms with van der Waals surface area (Å²) in [6.45, 7) is 0.0758. The fourth-order valence-corrected chi connectivity index (χ4v) is 2.00. The Morgan fingerprint density at radius 1 is 1.22 bits per heavy atom. The van der Waals surface area contributed by atoms with Gasteiger partial charge in [0.15, 0.2) is 0 Å². The summed E-state index contributed by atoms with van der Waals surface area (Å²) < 4.78 is 51.8. The Hall–Kier alpha value is -1.37. The number of benzene rings is 1. The van der Waals surface area contributed by atoms with Gasteiger partial charge in [-0.25, -0.2) is 4.39 Å². The third kappa shape index (κ3) is 3.10. The van der Waals surface area contributed by atoms with Gasteiger partial charge < -0.3 is 0 Å². The third-order valence-electron chi connectivity index (χ3n) is 2.23. The van der Waals surface area contributed by atoms with Gasteiger partial charge in [0.2, 0.25) is 0 Å². The first-order valence-electron chi connectivity index (χ1n) is 4.89. The molecule has 1 aromatic heterocycles. The number of hydrogen-bond donors (Lipinski definition) is 0. The largest absolute Gasteiger partial charge is 0.419 e. The Morgan fingerprint density at radius 3 is 2.50 bits per heavy atom. The minimum atomic E-state index is -4.42. The maximum Gasteiger partial charge on any atom is 0.419 e. The second-order valence-corrected chi connectivity index (χ2v) is 4.62. The molecule has 0 aliphatic rings. The molecule has 0 radical (unpaired) electrons. The first-order valence-corrected chi connectivity index (χ1v) is 5.68. The Bertz CT molecular complexity index is 542. The van der Waals surface area contributed by atoms with Crippen LogP contribution >= 0.6 is 15.9 Å². The number of rotatable bonds is 2. The van der Waals surface area contributed by atoms with Gasteiger partial charge in [-0.3, -0.25) is 4.68 Å². The summed E-state index contributed by atoms with van der Waals surface area (Å²) >= 11 is 3.11. The van der Waals surface area contributed by atoms with Gasteiger partial charge in [0.1, 0.15) is 5.82 Å². The lowest BCUT2D eigenvalue weighted by Gasteiger charge is -2.04. The van der Waals surface area contributed by atoms with Crippen molar-refractivity contribution in [2.45, 2.75) is 12.7 Å². The van der Waals surface area contributed by atoms with Crippen LogP contribution in [-0.2, 0) is 12.7 Å². The molecule has 0 N–H and O–H groups in total. The SMILES string of the molecule is Fc1cc(Br)cc(Cn2cc(C(F)(F)F)cn2)c1. The molecule has 0 spiro atoms. The fraction of sp³-hybridized carbons (Fsp3) is 0.182. The van der Waals surface area contributed by atoms with Crippen molar-refractivity contribution in [3.63, 3.8) is 0 Å². The highest BCUT2D eigenvalue weighted by Crippen LogP contribution is 2.28. The van der Waals surface area contributed by atoms with Crippen LogP contribution < -0.4 is 0 Å². The van der Waals surface area contributed by atoms with Gasteiger partial charge in [0.05, 0.1) is 18.3 Å². The van der Waals surface area contributed by atoms with Gasteiger partial charge >= 0.3 is 6.18 Å². The number of nitrogens with zero attached hydrogens (tertiary/aromatic N) is 2. The number of hydrogen-bond acceptors (Lipinski definition) is 1. The van der Waals surface area contributed by atoms with E-state index in [2.05, 4.69) is 21.0 Å². The molecule has 0 unspecified atom stereocenters. The van der Waals surface area contributed by atoms with Crippen molar-refractivity contribution in [2.24, 2.45) is 0 Å². The van der Waals surface area contributed by atoms with Crippen molar-refractivity contribution in [1.82, 2.24) is 9.78 Å². The van der Waals surface area contributed by atoms with Crippen LogP contribution in [0.25, 0.3) is 0 Å². The molecule has 0 saturated carbocycles. The smallest absolute Gasteiger partial charge is 0.268 e. The molecule has 0 aliphatic carbocycles.